The molecule has 0 aliphatic carbocycles. The Morgan fingerprint density at radius 2 is 1.35 bits per heavy atom. The van der Waals surface area contributed by atoms with Crippen LogP contribution in [0.2, 0.25) is 0 Å². The average molecular weight is 584 g/mol. The number of hydrogen-bond donors (Lipinski definition) is 0. The van der Waals surface area contributed by atoms with Crippen molar-refractivity contribution < 1.29 is 33.1 Å². The molecule has 8 heteroatoms. The van der Waals surface area contributed by atoms with Crippen LogP contribution in [0.15, 0.2) is 85.2 Å². The number of hydrogen-bond acceptors (Lipinski definition) is 7. The van der Waals surface area contributed by atoms with E-state index in [4.69, 9.17) is 18.9 Å². The van der Waals surface area contributed by atoms with Crippen LogP contribution in [0.3, 0.4) is 0 Å². The van der Waals surface area contributed by atoms with Gasteiger partial charge in [0.05, 0.1) is 12.2 Å². The lowest BCUT2D eigenvalue weighted by molar-refractivity contribution is -0.697. The number of benzene rings is 3. The van der Waals surface area contributed by atoms with Crippen LogP contribution in [-0.4, -0.2) is 39.2 Å². The number of para-hydroxylation sites is 1. The summed E-state index contributed by atoms with van der Waals surface area (Å²) in [5.41, 5.74) is 3.28. The number of carbonyl (C=O) groups excluding carboxylic acids is 2. The molecule has 0 saturated carbocycles. The fourth-order valence-corrected chi connectivity index (χ4v) is 4.25. The van der Waals surface area contributed by atoms with Crippen molar-refractivity contribution in [3.63, 3.8) is 0 Å². The van der Waals surface area contributed by atoms with Crippen LogP contribution < -0.4 is 28.4 Å². The topological polar surface area (TPSA) is 78.2 Å². The van der Waals surface area contributed by atoms with Crippen molar-refractivity contribution in [1.29, 1.82) is 0 Å². The van der Waals surface area contributed by atoms with E-state index < -0.39 is 11.9 Å². The molecule has 43 heavy (non-hydrogen) atoms. The SMILES string of the molecule is CCCCOc1ccccc1C(=O)Oc1ccc(OC(=O)c2ccc(OCC[n+]3ccc(N(C)C)cc3)cc2)c(C)c1C. The molecule has 3 aromatic carbocycles. The smallest absolute Gasteiger partial charge is 0.347 e. The van der Waals surface area contributed by atoms with Gasteiger partial charge < -0.3 is 23.8 Å². The molecule has 0 aliphatic rings. The first kappa shape index (κ1) is 31.1. The maximum atomic E-state index is 13.0. The van der Waals surface area contributed by atoms with Gasteiger partial charge in [0.15, 0.2) is 18.9 Å². The van der Waals surface area contributed by atoms with Crippen molar-refractivity contribution in [1.82, 2.24) is 0 Å². The second-order valence-electron chi connectivity index (χ2n) is 10.4. The molecule has 1 heterocycles. The third-order valence-electron chi connectivity index (χ3n) is 7.05. The summed E-state index contributed by atoms with van der Waals surface area (Å²) in [5, 5.41) is 0. The fourth-order valence-electron chi connectivity index (χ4n) is 4.25. The number of rotatable bonds is 13. The van der Waals surface area contributed by atoms with Gasteiger partial charge >= 0.3 is 11.9 Å². The van der Waals surface area contributed by atoms with E-state index in [2.05, 4.69) is 28.5 Å². The van der Waals surface area contributed by atoms with Gasteiger partial charge in [0.1, 0.15) is 35.2 Å². The van der Waals surface area contributed by atoms with E-state index in [9.17, 15) is 9.59 Å². The number of esters is 2. The summed E-state index contributed by atoms with van der Waals surface area (Å²) in [6.07, 6.45) is 5.92. The van der Waals surface area contributed by atoms with Crippen LogP contribution in [0.4, 0.5) is 5.69 Å². The molecular weight excluding hydrogens is 544 g/mol. The highest BCUT2D eigenvalue weighted by atomic mass is 16.5. The quantitative estimate of drug-likeness (QED) is 0.0785. The molecule has 8 nitrogen and oxygen atoms in total. The number of nitrogens with zero attached hydrogens (tertiary/aromatic N) is 2. The van der Waals surface area contributed by atoms with Crippen LogP contribution in [-0.2, 0) is 6.54 Å². The van der Waals surface area contributed by atoms with E-state index in [0.717, 1.165) is 18.5 Å². The van der Waals surface area contributed by atoms with E-state index in [1.54, 1.807) is 54.6 Å². The number of anilines is 1. The maximum absolute atomic E-state index is 13.0. The lowest BCUT2D eigenvalue weighted by Crippen LogP contribution is -2.35. The zero-order chi connectivity index (χ0) is 30.8. The number of pyridine rings is 1. The zero-order valence-corrected chi connectivity index (χ0v) is 25.5. The normalized spacial score (nSPS) is 10.6. The van der Waals surface area contributed by atoms with Crippen LogP contribution in [0.25, 0.3) is 0 Å². The van der Waals surface area contributed by atoms with Crippen LogP contribution in [0.1, 0.15) is 51.6 Å². The summed E-state index contributed by atoms with van der Waals surface area (Å²) < 4.78 is 25.1. The predicted octanol–water partition coefficient (Wildman–Crippen LogP) is 6.35. The van der Waals surface area contributed by atoms with Gasteiger partial charge in [-0.1, -0.05) is 25.5 Å². The van der Waals surface area contributed by atoms with Gasteiger partial charge in [-0.25, -0.2) is 14.2 Å². The highest BCUT2D eigenvalue weighted by Crippen LogP contribution is 2.31. The van der Waals surface area contributed by atoms with Gasteiger partial charge in [-0.05, 0) is 79.9 Å². The van der Waals surface area contributed by atoms with Gasteiger partial charge in [-0.3, -0.25) is 0 Å². The summed E-state index contributed by atoms with van der Waals surface area (Å²) >= 11 is 0. The molecule has 0 spiro atoms. The van der Waals surface area contributed by atoms with Crippen molar-refractivity contribution in [3.05, 3.63) is 107 Å². The molecule has 0 amide bonds. The molecule has 224 valence electrons. The minimum absolute atomic E-state index is 0.357. The Labute approximate surface area is 253 Å². The second kappa shape index (κ2) is 14.9. The summed E-state index contributed by atoms with van der Waals surface area (Å²) in [6.45, 7) is 7.43. The van der Waals surface area contributed by atoms with Gasteiger partial charge in [-0.15, -0.1) is 0 Å². The van der Waals surface area contributed by atoms with E-state index >= 15 is 0 Å². The third-order valence-corrected chi connectivity index (χ3v) is 7.05. The minimum atomic E-state index is -0.512. The Hall–Kier alpha value is -4.85. The molecule has 0 N–H and O–H groups in total. The lowest BCUT2D eigenvalue weighted by atomic mass is 10.1. The van der Waals surface area contributed by atoms with Gasteiger partial charge in [-0.2, -0.15) is 0 Å². The number of unbranched alkanes of at least 4 members (excludes halogenated alkanes) is 1. The van der Waals surface area contributed by atoms with Gasteiger partial charge in [0.2, 0.25) is 0 Å². The maximum Gasteiger partial charge on any atom is 0.347 e. The van der Waals surface area contributed by atoms with Crippen molar-refractivity contribution in [2.75, 3.05) is 32.2 Å². The Bertz CT molecular complexity index is 1530. The van der Waals surface area contributed by atoms with Crippen LogP contribution in [0, 0.1) is 13.8 Å². The van der Waals surface area contributed by atoms with Crippen molar-refractivity contribution in [2.45, 2.75) is 40.2 Å². The summed E-state index contributed by atoms with van der Waals surface area (Å²) in [7, 11) is 4.01. The minimum Gasteiger partial charge on any atom is -0.493 e. The largest absolute Gasteiger partial charge is 0.493 e. The first-order valence-electron chi connectivity index (χ1n) is 14.4. The Morgan fingerprint density at radius 3 is 1.98 bits per heavy atom. The van der Waals surface area contributed by atoms with Gasteiger partial charge in [0.25, 0.3) is 0 Å². The lowest BCUT2D eigenvalue weighted by Gasteiger charge is -2.15. The van der Waals surface area contributed by atoms with Crippen molar-refractivity contribution in [3.8, 4) is 23.0 Å². The van der Waals surface area contributed by atoms with E-state index in [0.29, 0.717) is 65.0 Å². The molecule has 4 aromatic rings. The number of aromatic nitrogens is 1. The van der Waals surface area contributed by atoms with E-state index in [1.165, 1.54) is 0 Å². The summed E-state index contributed by atoms with van der Waals surface area (Å²) in [6, 6.07) is 21.3. The average Bonchev–Trinajstić information content (AvgIpc) is 3.01. The molecule has 0 bridgehead atoms. The third kappa shape index (κ3) is 8.35. The molecule has 0 aliphatic heterocycles. The standard InChI is InChI=1S/C35H39N2O6/c1-6-7-23-41-33-11-9-8-10-30(33)35(39)43-32-17-16-31(25(2)26(32)3)42-34(38)27-12-14-29(15-13-27)40-24-22-37-20-18-28(19-21-37)36(4)5/h8-21H,6-7,22-24H2,1-5H3/q+1. The highest BCUT2D eigenvalue weighted by molar-refractivity contribution is 5.94. The second-order valence-corrected chi connectivity index (χ2v) is 10.4. The molecule has 4 rings (SSSR count). The molecule has 0 atom stereocenters. The highest BCUT2D eigenvalue weighted by Gasteiger charge is 2.19. The van der Waals surface area contributed by atoms with Crippen molar-refractivity contribution in [2.24, 2.45) is 0 Å². The number of ether oxygens (including phenoxy) is 4. The van der Waals surface area contributed by atoms with Crippen LogP contribution >= 0.6 is 0 Å². The fraction of sp³-hybridized carbons (Fsp3) is 0.286. The molecule has 0 radical (unpaired) electrons. The Kier molecular flexibility index (Phi) is 10.7. The first-order chi connectivity index (χ1) is 20.8. The molecule has 1 aromatic heterocycles. The zero-order valence-electron chi connectivity index (χ0n) is 25.5. The van der Waals surface area contributed by atoms with Crippen LogP contribution in [0.5, 0.6) is 23.0 Å². The first-order valence-corrected chi connectivity index (χ1v) is 14.4. The van der Waals surface area contributed by atoms with Crippen molar-refractivity contribution >= 4 is 17.6 Å². The Morgan fingerprint density at radius 1 is 0.721 bits per heavy atom. The summed E-state index contributed by atoms with van der Waals surface area (Å²) in [5.74, 6) is 0.932. The van der Waals surface area contributed by atoms with E-state index in [-0.39, 0.29) is 0 Å². The number of carbonyl (C=O) groups is 2. The Balaban J connectivity index is 1.33. The molecule has 0 saturated heterocycles. The predicted molar refractivity (Wildman–Crippen MR) is 166 cm³/mol. The van der Waals surface area contributed by atoms with E-state index in [1.807, 2.05) is 46.4 Å². The summed E-state index contributed by atoms with van der Waals surface area (Å²) in [4.78, 5) is 27.9. The molecule has 0 unspecified atom stereocenters. The van der Waals surface area contributed by atoms with Gasteiger partial charge in [0, 0.05) is 31.9 Å². The molecule has 0 fully saturated rings. The molecular formula is C35H39N2O6+. The monoisotopic (exact) mass is 583 g/mol.